The zero-order valence-corrected chi connectivity index (χ0v) is 7.07. The van der Waals surface area contributed by atoms with E-state index in [0.717, 1.165) is 0 Å². The van der Waals surface area contributed by atoms with E-state index in [1.165, 1.54) is 0 Å². The summed E-state index contributed by atoms with van der Waals surface area (Å²) >= 11 is 0. The van der Waals surface area contributed by atoms with Gasteiger partial charge in [0.15, 0.2) is 0 Å². The number of aliphatic imine (C=N–C) groups is 1. The summed E-state index contributed by atoms with van der Waals surface area (Å²) in [5.74, 6) is -0.322. The summed E-state index contributed by atoms with van der Waals surface area (Å²) in [6.45, 7) is 1.89. The molecule has 1 fully saturated rings. The van der Waals surface area contributed by atoms with E-state index in [4.69, 9.17) is 0 Å². The molecule has 3 N–H and O–H groups in total. The fourth-order valence-corrected chi connectivity index (χ4v) is 1.43. The average molecular weight is 182 g/mol. The van der Waals surface area contributed by atoms with Gasteiger partial charge in [0.25, 0.3) is 0 Å². The molecule has 0 aromatic heterocycles. The SMILES string of the molecule is CC1C=NC2NC(=O)NC(=O)C2N1. The van der Waals surface area contributed by atoms with Crippen LogP contribution in [0.25, 0.3) is 0 Å². The lowest BCUT2D eigenvalue weighted by Gasteiger charge is -2.33. The number of rotatable bonds is 0. The maximum Gasteiger partial charge on any atom is 0.323 e. The van der Waals surface area contributed by atoms with E-state index in [2.05, 4.69) is 20.9 Å². The predicted molar refractivity (Wildman–Crippen MR) is 45.3 cm³/mol. The molecule has 70 valence electrons. The van der Waals surface area contributed by atoms with Crippen molar-refractivity contribution in [3.63, 3.8) is 0 Å². The van der Waals surface area contributed by atoms with Gasteiger partial charge in [-0.1, -0.05) is 0 Å². The van der Waals surface area contributed by atoms with Crippen LogP contribution in [0.3, 0.4) is 0 Å². The van der Waals surface area contributed by atoms with Gasteiger partial charge in [0.1, 0.15) is 12.2 Å². The Labute approximate surface area is 74.8 Å². The number of fused-ring (bicyclic) bond motifs is 1. The molecule has 2 aliphatic heterocycles. The zero-order valence-electron chi connectivity index (χ0n) is 7.07. The molecule has 0 aromatic rings. The molecule has 1 saturated heterocycles. The molecule has 13 heavy (non-hydrogen) atoms. The summed E-state index contributed by atoms with van der Waals surface area (Å²) in [6.07, 6.45) is 1.22. The Hall–Kier alpha value is -1.43. The Morgan fingerprint density at radius 2 is 2.23 bits per heavy atom. The molecule has 2 aliphatic rings. The van der Waals surface area contributed by atoms with Crippen LogP contribution >= 0.6 is 0 Å². The van der Waals surface area contributed by atoms with Crippen LogP contribution in [0.15, 0.2) is 4.99 Å². The molecule has 0 saturated carbocycles. The van der Waals surface area contributed by atoms with Crippen LogP contribution in [-0.2, 0) is 4.79 Å². The van der Waals surface area contributed by atoms with Crippen molar-refractivity contribution in [2.75, 3.05) is 0 Å². The molecule has 0 radical (unpaired) electrons. The van der Waals surface area contributed by atoms with E-state index >= 15 is 0 Å². The van der Waals surface area contributed by atoms with Gasteiger partial charge >= 0.3 is 6.03 Å². The third-order valence-corrected chi connectivity index (χ3v) is 2.03. The van der Waals surface area contributed by atoms with Crippen molar-refractivity contribution in [3.8, 4) is 0 Å². The highest BCUT2D eigenvalue weighted by Crippen LogP contribution is 2.06. The summed E-state index contributed by atoms with van der Waals surface area (Å²) in [5, 5.41) is 7.72. The fraction of sp³-hybridized carbons (Fsp3) is 0.571. The second-order valence-electron chi connectivity index (χ2n) is 3.14. The Bertz CT molecular complexity index is 288. The van der Waals surface area contributed by atoms with Crippen molar-refractivity contribution in [1.29, 1.82) is 0 Å². The minimum absolute atomic E-state index is 0.0574. The monoisotopic (exact) mass is 182 g/mol. The molecule has 2 heterocycles. The molecule has 0 aromatic carbocycles. The molecule has 0 bridgehead atoms. The van der Waals surface area contributed by atoms with Crippen molar-refractivity contribution < 1.29 is 9.59 Å². The van der Waals surface area contributed by atoms with E-state index in [1.54, 1.807) is 6.21 Å². The molecule has 0 aliphatic carbocycles. The van der Waals surface area contributed by atoms with Crippen molar-refractivity contribution >= 4 is 18.2 Å². The number of hydrogen-bond acceptors (Lipinski definition) is 4. The first-order valence-electron chi connectivity index (χ1n) is 4.07. The molecule has 3 atom stereocenters. The Balaban J connectivity index is 2.21. The highest BCUT2D eigenvalue weighted by atomic mass is 16.2. The van der Waals surface area contributed by atoms with Crippen molar-refractivity contribution in [3.05, 3.63) is 0 Å². The lowest BCUT2D eigenvalue weighted by atomic mass is 10.1. The lowest BCUT2D eigenvalue weighted by Crippen LogP contribution is -2.68. The molecule has 6 heteroatoms. The minimum atomic E-state index is -0.486. The molecule has 6 nitrogen and oxygen atoms in total. The van der Waals surface area contributed by atoms with E-state index < -0.39 is 18.2 Å². The van der Waals surface area contributed by atoms with E-state index in [-0.39, 0.29) is 11.9 Å². The molecular weight excluding hydrogens is 172 g/mol. The highest BCUT2D eigenvalue weighted by molar-refractivity contribution is 6.00. The van der Waals surface area contributed by atoms with Gasteiger partial charge in [-0.3, -0.25) is 20.4 Å². The number of imide groups is 1. The highest BCUT2D eigenvalue weighted by Gasteiger charge is 2.37. The number of urea groups is 1. The third kappa shape index (κ3) is 1.40. The summed E-state index contributed by atoms with van der Waals surface area (Å²) in [7, 11) is 0. The van der Waals surface area contributed by atoms with Crippen LogP contribution in [0, 0.1) is 0 Å². The Morgan fingerprint density at radius 3 is 3.00 bits per heavy atom. The van der Waals surface area contributed by atoms with Crippen molar-refractivity contribution in [1.82, 2.24) is 16.0 Å². The van der Waals surface area contributed by atoms with Gasteiger partial charge in [0.2, 0.25) is 5.91 Å². The van der Waals surface area contributed by atoms with E-state index in [0.29, 0.717) is 0 Å². The van der Waals surface area contributed by atoms with Gasteiger partial charge in [-0.15, -0.1) is 0 Å². The van der Waals surface area contributed by atoms with Crippen LogP contribution in [-0.4, -0.2) is 36.4 Å². The second kappa shape index (κ2) is 2.81. The number of nitrogens with one attached hydrogen (secondary N) is 3. The first-order chi connectivity index (χ1) is 6.16. The maximum absolute atomic E-state index is 11.3. The average Bonchev–Trinajstić information content (AvgIpc) is 2.06. The smallest absolute Gasteiger partial charge is 0.314 e. The number of carbonyl (C=O) groups is 2. The molecule has 3 unspecified atom stereocenters. The van der Waals surface area contributed by atoms with E-state index in [1.807, 2.05) is 6.92 Å². The number of nitrogens with zero attached hydrogens (tertiary/aromatic N) is 1. The van der Waals surface area contributed by atoms with Crippen LogP contribution in [0.2, 0.25) is 0 Å². The topological polar surface area (TPSA) is 82.6 Å². The fourth-order valence-electron chi connectivity index (χ4n) is 1.43. The van der Waals surface area contributed by atoms with Crippen LogP contribution in [0.1, 0.15) is 6.92 Å². The van der Waals surface area contributed by atoms with Crippen LogP contribution < -0.4 is 16.0 Å². The van der Waals surface area contributed by atoms with Gasteiger partial charge in [0.05, 0.1) is 0 Å². The standard InChI is InChI=1S/C7H10N4O2/c1-3-2-8-5-4(9-3)6(12)11-7(13)10-5/h2-5,9H,1H3,(H2,10,11,12,13). The first kappa shape index (κ1) is 8.18. The number of carbonyl (C=O) groups excluding carboxylic acids is 2. The molecule has 2 rings (SSSR count). The summed E-state index contributed by atoms with van der Waals surface area (Å²) < 4.78 is 0. The molecular formula is C7H10N4O2. The van der Waals surface area contributed by atoms with Gasteiger partial charge < -0.3 is 5.32 Å². The van der Waals surface area contributed by atoms with Gasteiger partial charge in [-0.05, 0) is 6.92 Å². The van der Waals surface area contributed by atoms with Crippen LogP contribution in [0.4, 0.5) is 4.79 Å². The Kier molecular flexibility index (Phi) is 1.77. The lowest BCUT2D eigenvalue weighted by molar-refractivity contribution is -0.123. The van der Waals surface area contributed by atoms with Gasteiger partial charge in [-0.2, -0.15) is 0 Å². The Morgan fingerprint density at radius 1 is 1.46 bits per heavy atom. The third-order valence-electron chi connectivity index (χ3n) is 2.03. The van der Waals surface area contributed by atoms with E-state index in [9.17, 15) is 9.59 Å². The number of amides is 3. The maximum atomic E-state index is 11.3. The number of hydrogen-bond donors (Lipinski definition) is 3. The van der Waals surface area contributed by atoms with Crippen molar-refractivity contribution in [2.45, 2.75) is 25.2 Å². The molecule has 3 amide bonds. The largest absolute Gasteiger partial charge is 0.323 e. The summed E-state index contributed by atoms with van der Waals surface area (Å²) in [5.41, 5.74) is 0. The van der Waals surface area contributed by atoms with Crippen molar-refractivity contribution in [2.24, 2.45) is 4.99 Å². The normalized spacial score (nSPS) is 37.8. The first-order valence-corrected chi connectivity index (χ1v) is 4.07. The summed E-state index contributed by atoms with van der Waals surface area (Å²) in [4.78, 5) is 26.2. The quantitative estimate of drug-likeness (QED) is 0.430. The van der Waals surface area contributed by atoms with Crippen LogP contribution in [0.5, 0.6) is 0 Å². The predicted octanol–water partition coefficient (Wildman–Crippen LogP) is -1.42. The zero-order chi connectivity index (χ0) is 9.42. The minimum Gasteiger partial charge on any atom is -0.314 e. The van der Waals surface area contributed by atoms with Gasteiger partial charge in [-0.25, -0.2) is 4.79 Å². The van der Waals surface area contributed by atoms with Gasteiger partial charge in [0, 0.05) is 12.3 Å². The molecule has 0 spiro atoms. The summed E-state index contributed by atoms with van der Waals surface area (Å²) in [6, 6.07) is -0.876. The second-order valence-corrected chi connectivity index (χ2v) is 3.14.